The maximum atomic E-state index is 14.1. The van der Waals surface area contributed by atoms with Crippen LogP contribution in [0, 0.1) is 0 Å². The number of thiazole rings is 1. The predicted molar refractivity (Wildman–Crippen MR) is 141 cm³/mol. The van der Waals surface area contributed by atoms with Crippen molar-refractivity contribution in [2.24, 2.45) is 0 Å². The first kappa shape index (κ1) is 23.0. The minimum Gasteiger partial charge on any atom is -0.508 e. The number of phenols is 1. The van der Waals surface area contributed by atoms with E-state index in [2.05, 4.69) is 15.6 Å². The number of piperidine rings is 1. The number of carbonyl (C=O) groups is 2. The van der Waals surface area contributed by atoms with Crippen molar-refractivity contribution in [2.45, 2.75) is 23.8 Å². The molecule has 1 spiro atoms. The molecule has 2 amide bonds. The van der Waals surface area contributed by atoms with Gasteiger partial charge in [0, 0.05) is 44.6 Å². The van der Waals surface area contributed by atoms with Crippen LogP contribution in [0.1, 0.15) is 35.1 Å². The molecule has 2 aliphatic heterocycles. The molecule has 3 atom stereocenters. The van der Waals surface area contributed by atoms with E-state index in [0.29, 0.717) is 26.9 Å². The summed E-state index contributed by atoms with van der Waals surface area (Å²) >= 11 is 14.1. The fourth-order valence-electron chi connectivity index (χ4n) is 5.57. The van der Waals surface area contributed by atoms with Crippen molar-refractivity contribution in [3.05, 3.63) is 98.3 Å². The first-order chi connectivity index (χ1) is 17.4. The average molecular weight is 536 g/mol. The number of carbonyl (C=O) groups excluding carboxylic acids is 2. The number of aromatic nitrogens is 1. The fourth-order valence-corrected chi connectivity index (χ4v) is 6.50. The lowest BCUT2D eigenvalue weighted by atomic mass is 9.59. The number of aromatic hydroxyl groups is 1. The van der Waals surface area contributed by atoms with E-state index in [1.165, 1.54) is 11.3 Å². The lowest BCUT2D eigenvalue weighted by molar-refractivity contribution is -0.131. The molecule has 0 bridgehead atoms. The Kier molecular flexibility index (Phi) is 5.52. The van der Waals surface area contributed by atoms with Crippen LogP contribution in [-0.2, 0) is 15.0 Å². The van der Waals surface area contributed by atoms with Crippen LogP contribution in [0.5, 0.6) is 5.75 Å². The van der Waals surface area contributed by atoms with Crippen LogP contribution in [0.25, 0.3) is 11.3 Å². The fraction of sp³-hybridized carbons (Fsp3) is 0.148. The number of rotatable bonds is 3. The third kappa shape index (κ3) is 3.50. The molecule has 4 aromatic rings. The number of nitrogens with zero attached hydrogens (tertiary/aromatic N) is 1. The summed E-state index contributed by atoms with van der Waals surface area (Å²) in [7, 11) is 0. The summed E-state index contributed by atoms with van der Waals surface area (Å²) < 4.78 is 0. The number of hydrogen-bond donors (Lipinski definition) is 3. The minimum absolute atomic E-state index is 0.0272. The predicted octanol–water partition coefficient (Wildman–Crippen LogP) is 6.06. The molecule has 1 saturated heterocycles. The van der Waals surface area contributed by atoms with Gasteiger partial charge in [-0.2, -0.15) is 0 Å². The van der Waals surface area contributed by atoms with E-state index in [0.717, 1.165) is 16.8 Å². The van der Waals surface area contributed by atoms with Crippen molar-refractivity contribution in [1.29, 1.82) is 0 Å². The van der Waals surface area contributed by atoms with E-state index >= 15 is 0 Å². The molecule has 3 heterocycles. The third-order valence-corrected chi connectivity index (χ3v) is 8.13. The van der Waals surface area contributed by atoms with Crippen molar-refractivity contribution in [2.75, 3.05) is 5.32 Å². The summed E-state index contributed by atoms with van der Waals surface area (Å²) in [5, 5.41) is 20.0. The van der Waals surface area contributed by atoms with Gasteiger partial charge in [0.1, 0.15) is 11.2 Å². The lowest BCUT2D eigenvalue weighted by Gasteiger charge is -2.46. The Morgan fingerprint density at radius 2 is 1.86 bits per heavy atom. The number of phenolic OH excluding ortho intramolecular Hbond substituents is 1. The van der Waals surface area contributed by atoms with Crippen LogP contribution in [0.15, 0.2) is 71.6 Å². The summed E-state index contributed by atoms with van der Waals surface area (Å²) in [5.74, 6) is -1.10. The number of fused-ring (bicyclic) bond motifs is 2. The number of halogens is 2. The maximum Gasteiger partial charge on any atom is 0.238 e. The highest BCUT2D eigenvalue weighted by Gasteiger charge is 2.61. The number of anilines is 1. The van der Waals surface area contributed by atoms with Gasteiger partial charge in [0.05, 0.1) is 17.2 Å². The molecule has 3 aromatic carbocycles. The van der Waals surface area contributed by atoms with E-state index in [4.69, 9.17) is 23.2 Å². The molecule has 180 valence electrons. The largest absolute Gasteiger partial charge is 0.508 e. The summed E-state index contributed by atoms with van der Waals surface area (Å²) in [6, 6.07) is 16.7. The Morgan fingerprint density at radius 1 is 1.03 bits per heavy atom. The van der Waals surface area contributed by atoms with Crippen molar-refractivity contribution in [3.63, 3.8) is 0 Å². The standard InChI is InChI=1S/C27H19Cl2N3O3S/c28-16-3-1-2-14(8-16)20-11-24(34)32-25(18-9-15(4-7-23(18)33)22-12-36-13-30-22)27(20)19-6-5-17(29)10-21(19)31-26(27)35/h1-10,12-13,20,25,33H,11H2,(H,31,35)(H,32,34)/t20-,25+,27-/m0/s1. The second-order valence-corrected chi connectivity index (χ2v) is 10.6. The van der Waals surface area contributed by atoms with E-state index in [-0.39, 0.29) is 24.0 Å². The van der Waals surface area contributed by atoms with Gasteiger partial charge in [0.25, 0.3) is 0 Å². The highest BCUT2D eigenvalue weighted by Crippen LogP contribution is 2.58. The van der Waals surface area contributed by atoms with Gasteiger partial charge in [-0.3, -0.25) is 9.59 Å². The lowest BCUT2D eigenvalue weighted by Crippen LogP contribution is -2.56. The van der Waals surface area contributed by atoms with Crippen molar-refractivity contribution in [1.82, 2.24) is 10.3 Å². The molecule has 2 aliphatic rings. The number of nitrogens with one attached hydrogen (secondary N) is 2. The monoisotopic (exact) mass is 535 g/mol. The van der Waals surface area contributed by atoms with E-state index in [9.17, 15) is 14.7 Å². The first-order valence-electron chi connectivity index (χ1n) is 11.3. The van der Waals surface area contributed by atoms with Gasteiger partial charge in [-0.05, 0) is 53.6 Å². The van der Waals surface area contributed by atoms with Gasteiger partial charge >= 0.3 is 0 Å². The van der Waals surface area contributed by atoms with E-state index < -0.39 is 17.4 Å². The SMILES string of the molecule is O=C1C[C@@H](c2cccc(Cl)c2)[C@]2(C(=O)Nc3cc(Cl)ccc32)[C@@H](c2cc(-c3cscn3)ccc2O)N1. The highest BCUT2D eigenvalue weighted by atomic mass is 35.5. The van der Waals surface area contributed by atoms with E-state index in [1.54, 1.807) is 48.0 Å². The quantitative estimate of drug-likeness (QED) is 0.297. The molecule has 0 radical (unpaired) electrons. The Morgan fingerprint density at radius 3 is 2.64 bits per heavy atom. The van der Waals surface area contributed by atoms with Crippen LogP contribution in [-0.4, -0.2) is 21.9 Å². The molecular weight excluding hydrogens is 517 g/mol. The highest BCUT2D eigenvalue weighted by molar-refractivity contribution is 7.07. The Bertz CT molecular complexity index is 1520. The van der Waals surface area contributed by atoms with Crippen molar-refractivity contribution < 1.29 is 14.7 Å². The zero-order chi connectivity index (χ0) is 25.0. The first-order valence-corrected chi connectivity index (χ1v) is 13.0. The van der Waals surface area contributed by atoms with E-state index in [1.807, 2.05) is 23.6 Å². The molecule has 36 heavy (non-hydrogen) atoms. The Balaban J connectivity index is 1.63. The average Bonchev–Trinajstić information content (AvgIpc) is 3.48. The topological polar surface area (TPSA) is 91.3 Å². The molecular formula is C27H19Cl2N3O3S. The smallest absolute Gasteiger partial charge is 0.238 e. The minimum atomic E-state index is -1.27. The number of amides is 2. The van der Waals surface area contributed by atoms with Crippen LogP contribution < -0.4 is 10.6 Å². The summed E-state index contributed by atoms with van der Waals surface area (Å²) in [4.78, 5) is 31.6. The summed E-state index contributed by atoms with van der Waals surface area (Å²) in [6.45, 7) is 0. The van der Waals surface area contributed by atoms with Gasteiger partial charge in [-0.1, -0.05) is 41.4 Å². The van der Waals surface area contributed by atoms with Crippen LogP contribution in [0.2, 0.25) is 10.0 Å². The molecule has 0 saturated carbocycles. The van der Waals surface area contributed by atoms with Gasteiger partial charge in [0.15, 0.2) is 0 Å². The molecule has 6 nitrogen and oxygen atoms in total. The van der Waals surface area contributed by atoms with Crippen LogP contribution in [0.4, 0.5) is 5.69 Å². The van der Waals surface area contributed by atoms with Gasteiger partial charge in [0.2, 0.25) is 11.8 Å². The van der Waals surface area contributed by atoms with Gasteiger partial charge < -0.3 is 15.7 Å². The Labute approximate surface area is 220 Å². The molecule has 0 aliphatic carbocycles. The second-order valence-electron chi connectivity index (χ2n) is 8.97. The molecule has 6 rings (SSSR count). The zero-order valence-corrected chi connectivity index (χ0v) is 21.0. The molecule has 1 fully saturated rings. The summed E-state index contributed by atoms with van der Waals surface area (Å²) in [5.41, 5.74) is 4.44. The second kappa shape index (κ2) is 8.62. The number of benzene rings is 3. The molecule has 0 unspecified atom stereocenters. The Hall–Kier alpha value is -3.39. The van der Waals surface area contributed by atoms with Crippen LogP contribution in [0.3, 0.4) is 0 Å². The molecule has 9 heteroatoms. The molecule has 3 N–H and O–H groups in total. The summed E-state index contributed by atoms with van der Waals surface area (Å²) in [6.07, 6.45) is 0.0683. The van der Waals surface area contributed by atoms with Crippen molar-refractivity contribution >= 4 is 52.0 Å². The zero-order valence-electron chi connectivity index (χ0n) is 18.7. The van der Waals surface area contributed by atoms with Gasteiger partial charge in [-0.15, -0.1) is 11.3 Å². The van der Waals surface area contributed by atoms with Crippen molar-refractivity contribution in [3.8, 4) is 17.0 Å². The van der Waals surface area contributed by atoms with Gasteiger partial charge in [-0.25, -0.2) is 4.98 Å². The maximum absolute atomic E-state index is 14.1. The third-order valence-electron chi connectivity index (χ3n) is 7.07. The normalized spacial score (nSPS) is 22.8. The molecule has 1 aromatic heterocycles. The number of hydrogen-bond acceptors (Lipinski definition) is 5. The van der Waals surface area contributed by atoms with Crippen LogP contribution >= 0.6 is 34.5 Å².